The van der Waals surface area contributed by atoms with Crippen molar-refractivity contribution in [1.29, 1.82) is 0 Å². The van der Waals surface area contributed by atoms with Gasteiger partial charge in [-0.1, -0.05) is 12.1 Å². The Balaban J connectivity index is 1.53. The molecule has 2 aromatic rings. The summed E-state index contributed by atoms with van der Waals surface area (Å²) in [4.78, 5) is 16.6. The Labute approximate surface area is 141 Å². The van der Waals surface area contributed by atoms with Crippen molar-refractivity contribution in [2.24, 2.45) is 5.73 Å². The summed E-state index contributed by atoms with van der Waals surface area (Å²) in [6.45, 7) is 2.73. The predicted molar refractivity (Wildman–Crippen MR) is 88.9 cm³/mol. The molecular weight excluding hydrogens is 306 g/mol. The van der Waals surface area contributed by atoms with E-state index in [1.54, 1.807) is 12.1 Å². The third-order valence-electron chi connectivity index (χ3n) is 4.37. The fourth-order valence-electron chi connectivity index (χ4n) is 2.66. The lowest BCUT2D eigenvalue weighted by Gasteiger charge is -2.34. The molecule has 1 aliphatic carbocycles. The second-order valence-corrected chi connectivity index (χ2v) is 6.32. The van der Waals surface area contributed by atoms with Crippen molar-refractivity contribution in [2.45, 2.75) is 51.0 Å². The lowest BCUT2D eigenvalue weighted by molar-refractivity contribution is 0.0979. The quantitative estimate of drug-likeness (QED) is 0.749. The highest BCUT2D eigenvalue weighted by atomic mass is 16.5. The molecule has 0 unspecified atom stereocenters. The summed E-state index contributed by atoms with van der Waals surface area (Å²) in [5.74, 6) is 1.86. The largest absolute Gasteiger partial charge is 0.494 e. The third kappa shape index (κ3) is 3.64. The van der Waals surface area contributed by atoms with E-state index in [4.69, 9.17) is 15.0 Å². The zero-order valence-electron chi connectivity index (χ0n) is 14.0. The van der Waals surface area contributed by atoms with Crippen LogP contribution < -0.4 is 10.5 Å². The average Bonchev–Trinajstić information content (AvgIpc) is 3.05. The monoisotopic (exact) mass is 329 g/mol. The second kappa shape index (κ2) is 7.13. The summed E-state index contributed by atoms with van der Waals surface area (Å²) in [6, 6.07) is 7.22. The molecule has 1 aromatic heterocycles. The number of hydrogen-bond acceptors (Lipinski definition) is 6. The van der Waals surface area contributed by atoms with E-state index in [0.29, 0.717) is 36.7 Å². The number of ether oxygens (including phenoxy) is 1. The Morgan fingerprint density at radius 2 is 2.08 bits per heavy atom. The van der Waals surface area contributed by atoms with Gasteiger partial charge in [0.2, 0.25) is 5.89 Å². The van der Waals surface area contributed by atoms with Crippen LogP contribution in [0.25, 0.3) is 0 Å². The Morgan fingerprint density at radius 3 is 2.71 bits per heavy atom. The molecule has 128 valence electrons. The van der Waals surface area contributed by atoms with Gasteiger partial charge in [0.05, 0.1) is 12.1 Å². The molecule has 0 spiro atoms. The van der Waals surface area contributed by atoms with Crippen molar-refractivity contribution in [3.63, 3.8) is 0 Å². The van der Waals surface area contributed by atoms with Crippen molar-refractivity contribution in [3.8, 4) is 5.75 Å². The molecule has 3 rings (SSSR count). The topological polar surface area (TPSA) is 91.2 Å². The van der Waals surface area contributed by atoms with Crippen LogP contribution in [0.1, 0.15) is 61.1 Å². The molecule has 1 fully saturated rings. The van der Waals surface area contributed by atoms with E-state index in [9.17, 15) is 4.79 Å². The Bertz CT molecular complexity index is 690. The fourth-order valence-corrected chi connectivity index (χ4v) is 2.66. The maximum absolute atomic E-state index is 12.3. The van der Waals surface area contributed by atoms with Gasteiger partial charge in [0, 0.05) is 18.4 Å². The average molecular weight is 329 g/mol. The third-order valence-corrected chi connectivity index (χ3v) is 4.37. The first-order chi connectivity index (χ1) is 11.6. The van der Waals surface area contributed by atoms with Gasteiger partial charge in [0.15, 0.2) is 11.6 Å². The number of nitrogens with two attached hydrogens (primary N) is 1. The van der Waals surface area contributed by atoms with Crippen molar-refractivity contribution >= 4 is 5.78 Å². The van der Waals surface area contributed by atoms with Crippen LogP contribution in [-0.2, 0) is 12.0 Å². The smallest absolute Gasteiger partial charge is 0.227 e. The van der Waals surface area contributed by atoms with Crippen LogP contribution in [0.3, 0.4) is 0 Å². The van der Waals surface area contributed by atoms with Crippen LogP contribution in [0, 0.1) is 0 Å². The van der Waals surface area contributed by atoms with Crippen LogP contribution in [0.4, 0.5) is 0 Å². The standard InChI is InChI=1S/C18H23N3O3/c1-2-12-23-14-6-4-13(5-7-14)15(22)8-9-16-20-17(21-24-16)18(19)10-3-11-18/h4-7H,2-3,8-12,19H2,1H3. The number of aryl methyl sites for hydroxylation is 1. The molecule has 0 radical (unpaired) electrons. The van der Waals surface area contributed by atoms with E-state index in [1.165, 1.54) is 0 Å². The van der Waals surface area contributed by atoms with Crippen LogP contribution in [0.15, 0.2) is 28.8 Å². The number of nitrogens with zero attached hydrogens (tertiary/aromatic N) is 2. The Hall–Kier alpha value is -2.21. The number of hydrogen-bond donors (Lipinski definition) is 1. The summed E-state index contributed by atoms with van der Waals surface area (Å²) < 4.78 is 10.7. The first kappa shape index (κ1) is 16.6. The molecule has 1 heterocycles. The van der Waals surface area contributed by atoms with Crippen molar-refractivity contribution in [1.82, 2.24) is 10.1 Å². The van der Waals surface area contributed by atoms with E-state index in [1.807, 2.05) is 12.1 Å². The first-order valence-electron chi connectivity index (χ1n) is 8.49. The molecule has 6 nitrogen and oxygen atoms in total. The first-order valence-corrected chi connectivity index (χ1v) is 8.49. The SMILES string of the molecule is CCCOc1ccc(C(=O)CCc2nc(C3(N)CCC3)no2)cc1. The fraction of sp³-hybridized carbons (Fsp3) is 0.500. The molecule has 1 aromatic carbocycles. The van der Waals surface area contributed by atoms with Gasteiger partial charge in [-0.2, -0.15) is 4.98 Å². The molecule has 24 heavy (non-hydrogen) atoms. The molecule has 0 saturated heterocycles. The second-order valence-electron chi connectivity index (χ2n) is 6.32. The van der Waals surface area contributed by atoms with Gasteiger partial charge in [-0.3, -0.25) is 4.79 Å². The van der Waals surface area contributed by atoms with Crippen LogP contribution in [-0.4, -0.2) is 22.5 Å². The molecule has 2 N–H and O–H groups in total. The summed E-state index contributed by atoms with van der Waals surface area (Å²) in [5.41, 5.74) is 6.40. The Morgan fingerprint density at radius 1 is 1.33 bits per heavy atom. The van der Waals surface area contributed by atoms with E-state index in [0.717, 1.165) is 31.4 Å². The van der Waals surface area contributed by atoms with Gasteiger partial charge in [0.25, 0.3) is 0 Å². The molecule has 1 aliphatic rings. The highest BCUT2D eigenvalue weighted by molar-refractivity contribution is 5.96. The van der Waals surface area contributed by atoms with Crippen LogP contribution in [0.5, 0.6) is 5.75 Å². The molecule has 0 amide bonds. The van der Waals surface area contributed by atoms with Gasteiger partial charge in [-0.25, -0.2) is 0 Å². The van der Waals surface area contributed by atoms with Gasteiger partial charge < -0.3 is 15.0 Å². The Kier molecular flexibility index (Phi) is 4.94. The van der Waals surface area contributed by atoms with Crippen molar-refractivity contribution in [3.05, 3.63) is 41.5 Å². The van der Waals surface area contributed by atoms with Gasteiger partial charge >= 0.3 is 0 Å². The highest BCUT2D eigenvalue weighted by Crippen LogP contribution is 2.36. The van der Waals surface area contributed by atoms with E-state index in [2.05, 4.69) is 17.1 Å². The molecule has 0 aliphatic heterocycles. The highest BCUT2D eigenvalue weighted by Gasteiger charge is 2.38. The molecular formula is C18H23N3O3. The number of benzene rings is 1. The molecule has 6 heteroatoms. The summed E-state index contributed by atoms with van der Waals surface area (Å²) >= 11 is 0. The number of carbonyl (C=O) groups is 1. The number of rotatable bonds is 8. The van der Waals surface area contributed by atoms with Crippen LogP contribution in [0.2, 0.25) is 0 Å². The number of ketones is 1. The molecule has 0 bridgehead atoms. The van der Waals surface area contributed by atoms with E-state index >= 15 is 0 Å². The van der Waals surface area contributed by atoms with Gasteiger partial charge in [-0.05, 0) is 49.9 Å². The normalized spacial score (nSPS) is 15.8. The van der Waals surface area contributed by atoms with E-state index < -0.39 is 5.54 Å². The number of Topliss-reactive ketones (excluding diaryl/α,β-unsaturated/α-hetero) is 1. The summed E-state index contributed by atoms with van der Waals surface area (Å²) in [7, 11) is 0. The number of carbonyl (C=O) groups excluding carboxylic acids is 1. The van der Waals surface area contributed by atoms with Crippen molar-refractivity contribution < 1.29 is 14.1 Å². The van der Waals surface area contributed by atoms with Gasteiger partial charge in [0.1, 0.15) is 5.75 Å². The lowest BCUT2D eigenvalue weighted by atomic mass is 9.77. The molecule has 0 atom stereocenters. The minimum absolute atomic E-state index is 0.0443. The predicted octanol–water partition coefficient (Wildman–Crippen LogP) is 3.01. The summed E-state index contributed by atoms with van der Waals surface area (Å²) in [5, 5.41) is 3.96. The maximum Gasteiger partial charge on any atom is 0.227 e. The van der Waals surface area contributed by atoms with Gasteiger partial charge in [-0.15, -0.1) is 0 Å². The minimum atomic E-state index is -0.430. The number of aromatic nitrogens is 2. The maximum atomic E-state index is 12.3. The van der Waals surface area contributed by atoms with E-state index in [-0.39, 0.29) is 5.78 Å². The van der Waals surface area contributed by atoms with Crippen molar-refractivity contribution in [2.75, 3.05) is 6.61 Å². The minimum Gasteiger partial charge on any atom is -0.494 e. The molecule has 1 saturated carbocycles. The zero-order valence-corrected chi connectivity index (χ0v) is 14.0. The zero-order chi connectivity index (χ0) is 17.0. The van der Waals surface area contributed by atoms with Crippen LogP contribution >= 0.6 is 0 Å². The lowest BCUT2D eigenvalue weighted by Crippen LogP contribution is -2.44. The summed E-state index contributed by atoms with van der Waals surface area (Å²) in [6.07, 6.45) is 4.58.